The minimum Gasteiger partial charge on any atom is -0.464 e. The van der Waals surface area contributed by atoms with E-state index in [1.807, 2.05) is 0 Å². The van der Waals surface area contributed by atoms with E-state index in [0.29, 0.717) is 16.7 Å². The Morgan fingerprint density at radius 3 is 2.79 bits per heavy atom. The molecule has 186 valence electrons. The van der Waals surface area contributed by atoms with Gasteiger partial charge in [0, 0.05) is 55.8 Å². The van der Waals surface area contributed by atoms with E-state index >= 15 is 0 Å². The number of carbonyl (C=O) groups excluding carboxylic acids is 1. The van der Waals surface area contributed by atoms with Crippen molar-refractivity contribution in [3.05, 3.63) is 44.8 Å². The zero-order valence-corrected chi connectivity index (χ0v) is 20.5. The summed E-state index contributed by atoms with van der Waals surface area (Å²) >= 11 is 1.38. The highest BCUT2D eigenvalue weighted by Crippen LogP contribution is 2.32. The van der Waals surface area contributed by atoms with Crippen molar-refractivity contribution in [2.45, 2.75) is 64.0 Å². The third kappa shape index (κ3) is 6.63. The number of hydrogen-bond acceptors (Lipinski definition) is 6. The van der Waals surface area contributed by atoms with Gasteiger partial charge in [-0.2, -0.15) is 0 Å². The Labute approximate surface area is 202 Å². The molecule has 7 nitrogen and oxygen atoms in total. The number of rotatable bonds is 8. The van der Waals surface area contributed by atoms with Gasteiger partial charge in [0.05, 0.1) is 5.69 Å². The molecule has 0 aromatic carbocycles. The molecule has 2 aliphatic rings. The summed E-state index contributed by atoms with van der Waals surface area (Å²) in [7, 11) is 1.66. The molecule has 0 unspecified atom stereocenters. The van der Waals surface area contributed by atoms with Crippen LogP contribution in [-0.2, 0) is 20.0 Å². The maximum absolute atomic E-state index is 13.0. The van der Waals surface area contributed by atoms with Gasteiger partial charge in [-0.15, -0.1) is 0 Å². The summed E-state index contributed by atoms with van der Waals surface area (Å²) in [5.74, 6) is -2.42. The molecular formula is C24H32F2N4O3S. The molecule has 0 saturated heterocycles. The molecule has 1 N–H and O–H groups in total. The minimum atomic E-state index is -2.86. The van der Waals surface area contributed by atoms with Crippen LogP contribution in [0.4, 0.5) is 8.78 Å². The smallest absolute Gasteiger partial charge is 0.278 e. The predicted octanol–water partition coefficient (Wildman–Crippen LogP) is 3.61. The topological polar surface area (TPSA) is 76.5 Å². The van der Waals surface area contributed by atoms with E-state index in [4.69, 9.17) is 4.74 Å². The zero-order valence-electron chi connectivity index (χ0n) is 19.7. The van der Waals surface area contributed by atoms with Crippen molar-refractivity contribution in [3.8, 4) is 5.19 Å². The third-order valence-corrected chi connectivity index (χ3v) is 7.71. The summed E-state index contributed by atoms with van der Waals surface area (Å²) in [6.45, 7) is 2.86. The number of hydrogen-bond donors (Lipinski definition) is 1. The quantitative estimate of drug-likeness (QED) is 0.607. The van der Waals surface area contributed by atoms with Gasteiger partial charge < -0.3 is 14.6 Å². The molecule has 1 aliphatic carbocycles. The Hall–Kier alpha value is -2.33. The summed E-state index contributed by atoms with van der Waals surface area (Å²) in [4.78, 5) is 32.2. The van der Waals surface area contributed by atoms with E-state index in [0.717, 1.165) is 75.7 Å². The van der Waals surface area contributed by atoms with Crippen LogP contribution >= 0.6 is 11.3 Å². The largest absolute Gasteiger partial charge is 0.464 e. The third-order valence-electron chi connectivity index (χ3n) is 6.64. The lowest BCUT2D eigenvalue weighted by Crippen LogP contribution is -2.38. The van der Waals surface area contributed by atoms with E-state index < -0.39 is 12.5 Å². The number of alkyl halides is 2. The Kier molecular flexibility index (Phi) is 7.67. The number of nitrogens with one attached hydrogen (secondary N) is 1. The molecule has 10 heteroatoms. The molecule has 4 rings (SSSR count). The van der Waals surface area contributed by atoms with E-state index in [1.54, 1.807) is 19.3 Å². The maximum atomic E-state index is 13.0. The van der Waals surface area contributed by atoms with Gasteiger partial charge in [-0.05, 0) is 57.1 Å². The van der Waals surface area contributed by atoms with Crippen LogP contribution in [0.15, 0.2) is 23.1 Å². The van der Waals surface area contributed by atoms with Crippen molar-refractivity contribution in [2.24, 2.45) is 13.0 Å². The van der Waals surface area contributed by atoms with Crippen LogP contribution in [0.2, 0.25) is 0 Å². The first-order valence-electron chi connectivity index (χ1n) is 11.9. The second kappa shape index (κ2) is 10.5. The van der Waals surface area contributed by atoms with Crippen LogP contribution in [0.3, 0.4) is 0 Å². The van der Waals surface area contributed by atoms with Gasteiger partial charge in [0.2, 0.25) is 0 Å². The van der Waals surface area contributed by atoms with Crippen LogP contribution in [0.25, 0.3) is 0 Å². The van der Waals surface area contributed by atoms with Crippen LogP contribution in [0.1, 0.15) is 60.0 Å². The van der Waals surface area contributed by atoms with E-state index in [2.05, 4.69) is 15.2 Å². The van der Waals surface area contributed by atoms with Crippen molar-refractivity contribution in [2.75, 3.05) is 19.7 Å². The maximum Gasteiger partial charge on any atom is 0.278 e. The second-order valence-corrected chi connectivity index (χ2v) is 10.6. The molecule has 0 bridgehead atoms. The second-order valence-electron chi connectivity index (χ2n) is 9.58. The number of nitrogens with zero attached hydrogens (tertiary/aromatic N) is 3. The number of halogens is 2. The zero-order chi connectivity index (χ0) is 24.3. The number of carbonyl (C=O) groups is 1. The van der Waals surface area contributed by atoms with Crippen LogP contribution < -0.4 is 15.6 Å². The van der Waals surface area contributed by atoms with Crippen LogP contribution in [0.5, 0.6) is 5.19 Å². The van der Waals surface area contributed by atoms with E-state index in [-0.39, 0.29) is 17.5 Å². The fourth-order valence-corrected chi connectivity index (χ4v) is 5.50. The summed E-state index contributed by atoms with van der Waals surface area (Å²) < 4.78 is 32.7. The normalized spacial score (nSPS) is 21.2. The number of aryl methyl sites for hydroxylation is 1. The van der Waals surface area contributed by atoms with Gasteiger partial charge in [-0.25, -0.2) is 13.8 Å². The summed E-state index contributed by atoms with van der Waals surface area (Å²) in [6.07, 6.45) is 7.61. The van der Waals surface area contributed by atoms with Gasteiger partial charge >= 0.3 is 0 Å². The first-order valence-corrected chi connectivity index (χ1v) is 12.7. The Morgan fingerprint density at radius 1 is 1.32 bits per heavy atom. The number of thiazole rings is 1. The monoisotopic (exact) mass is 494 g/mol. The highest BCUT2D eigenvalue weighted by molar-refractivity contribution is 7.13. The van der Waals surface area contributed by atoms with Crippen molar-refractivity contribution in [1.29, 1.82) is 0 Å². The molecule has 0 spiro atoms. The molecule has 1 saturated carbocycles. The molecular weight excluding hydrogens is 462 g/mol. The van der Waals surface area contributed by atoms with Crippen LogP contribution in [0, 0.1) is 5.92 Å². The standard InChI is InChI=1S/C24H32F2N4O3S/c1-24(25,26)15-33-23-28-19-14-30(12-9-20(19)34-23)11-7-16-3-5-18(6-4-16)27-22(32)17-8-10-29(2)21(31)13-17/h8,10,13,16,18H,3-7,9,11-12,14-15H2,1-2H3,(H,27,32)/t16-,18-. The Morgan fingerprint density at radius 2 is 2.09 bits per heavy atom. The lowest BCUT2D eigenvalue weighted by atomic mass is 9.84. The fourth-order valence-electron chi connectivity index (χ4n) is 4.59. The number of aromatic nitrogens is 2. The first-order chi connectivity index (χ1) is 16.2. The van der Waals surface area contributed by atoms with E-state index in [9.17, 15) is 18.4 Å². The van der Waals surface area contributed by atoms with Gasteiger partial charge in [-0.1, -0.05) is 11.3 Å². The molecule has 0 radical (unpaired) electrons. The van der Waals surface area contributed by atoms with Crippen molar-refractivity contribution >= 4 is 17.2 Å². The van der Waals surface area contributed by atoms with E-state index in [1.165, 1.54) is 22.0 Å². The Balaban J connectivity index is 1.18. The van der Waals surface area contributed by atoms with Crippen molar-refractivity contribution in [3.63, 3.8) is 0 Å². The summed E-state index contributed by atoms with van der Waals surface area (Å²) in [5.41, 5.74) is 1.17. The molecule has 0 atom stereocenters. The number of ether oxygens (including phenoxy) is 1. The van der Waals surface area contributed by atoms with Gasteiger partial charge in [-0.3, -0.25) is 14.5 Å². The molecule has 2 aromatic rings. The minimum absolute atomic E-state index is 0.147. The molecule has 1 aliphatic heterocycles. The van der Waals surface area contributed by atoms with Gasteiger partial charge in [0.15, 0.2) is 6.61 Å². The van der Waals surface area contributed by atoms with Gasteiger partial charge in [0.1, 0.15) is 0 Å². The molecule has 1 fully saturated rings. The molecule has 34 heavy (non-hydrogen) atoms. The number of amides is 1. The molecule has 2 aromatic heterocycles. The molecule has 1 amide bonds. The lowest BCUT2D eigenvalue weighted by molar-refractivity contribution is -0.0230. The average molecular weight is 495 g/mol. The SMILES string of the molecule is Cn1ccc(C(=O)N[C@H]2CC[C@H](CCN3CCc4sc(OCC(C)(F)F)nc4C3)CC2)cc1=O. The highest BCUT2D eigenvalue weighted by atomic mass is 32.1. The lowest BCUT2D eigenvalue weighted by Gasteiger charge is -2.32. The van der Waals surface area contributed by atoms with Crippen LogP contribution in [-0.4, -0.2) is 52.0 Å². The number of pyridine rings is 1. The Bertz CT molecular complexity index is 1060. The van der Waals surface area contributed by atoms with Crippen molar-refractivity contribution in [1.82, 2.24) is 19.8 Å². The first kappa shape index (κ1) is 24.8. The van der Waals surface area contributed by atoms with Gasteiger partial charge in [0.25, 0.3) is 22.6 Å². The summed E-state index contributed by atoms with van der Waals surface area (Å²) in [5, 5.41) is 3.41. The fraction of sp³-hybridized carbons (Fsp3) is 0.625. The summed E-state index contributed by atoms with van der Waals surface area (Å²) in [6, 6.07) is 3.19. The highest BCUT2D eigenvalue weighted by Gasteiger charge is 2.27. The average Bonchev–Trinajstić information content (AvgIpc) is 3.21. The van der Waals surface area contributed by atoms with Crippen molar-refractivity contribution < 1.29 is 18.3 Å². The molecule has 3 heterocycles. The predicted molar refractivity (Wildman–Crippen MR) is 127 cm³/mol. The number of fused-ring (bicyclic) bond motifs is 1.